The molecule has 1 aromatic carbocycles. The molecule has 1 aromatic rings. The van der Waals surface area contributed by atoms with Crippen molar-refractivity contribution in [3.8, 4) is 0 Å². The highest BCUT2D eigenvalue weighted by molar-refractivity contribution is 5.81. The lowest BCUT2D eigenvalue weighted by molar-refractivity contribution is 0.930. The maximum Gasteiger partial charge on any atom is 0.0496 e. The topological polar surface area (TPSA) is 26.0 Å². The molecule has 15 heavy (non-hydrogen) atoms. The van der Waals surface area contributed by atoms with Crippen LogP contribution in [0, 0.1) is 0 Å². The lowest BCUT2D eigenvalue weighted by Crippen LogP contribution is -2.04. The first-order valence-corrected chi connectivity index (χ1v) is 5.13. The van der Waals surface area contributed by atoms with Crippen molar-refractivity contribution < 1.29 is 0 Å². The summed E-state index contributed by atoms with van der Waals surface area (Å²) in [7, 11) is 0. The number of allylic oxidation sites excluding steroid dienone is 3. The van der Waals surface area contributed by atoms with Crippen LogP contribution >= 0.6 is 0 Å². The molecule has 1 aliphatic carbocycles. The van der Waals surface area contributed by atoms with E-state index in [1.165, 1.54) is 16.7 Å². The molecule has 0 saturated carbocycles. The zero-order valence-corrected chi connectivity index (χ0v) is 8.90. The molecule has 1 unspecified atom stereocenters. The molecule has 0 spiro atoms. The van der Waals surface area contributed by atoms with Gasteiger partial charge in [0.15, 0.2) is 0 Å². The van der Waals surface area contributed by atoms with Gasteiger partial charge >= 0.3 is 0 Å². The highest BCUT2D eigenvalue weighted by atomic mass is 14.6. The Morgan fingerprint density at radius 3 is 2.87 bits per heavy atom. The van der Waals surface area contributed by atoms with Gasteiger partial charge in [0, 0.05) is 6.04 Å². The van der Waals surface area contributed by atoms with Crippen molar-refractivity contribution in [2.24, 2.45) is 5.73 Å². The largest absolute Gasteiger partial charge is 0.321 e. The van der Waals surface area contributed by atoms with Crippen LogP contribution in [0.3, 0.4) is 0 Å². The molecule has 0 aliphatic heterocycles. The summed E-state index contributed by atoms with van der Waals surface area (Å²) in [5.41, 5.74) is 10.8. The van der Waals surface area contributed by atoms with Gasteiger partial charge in [-0.05, 0) is 35.3 Å². The third kappa shape index (κ3) is 1.66. The fraction of sp³-hybridized carbons (Fsp3) is 0.143. The summed E-state index contributed by atoms with van der Waals surface area (Å²) in [6.45, 7) is 5.81. The summed E-state index contributed by atoms with van der Waals surface area (Å²) in [5.74, 6) is 0. The van der Waals surface area contributed by atoms with Crippen molar-refractivity contribution in [2.75, 3.05) is 0 Å². The van der Waals surface area contributed by atoms with E-state index in [9.17, 15) is 0 Å². The van der Waals surface area contributed by atoms with Crippen LogP contribution in [-0.2, 0) is 0 Å². The Labute approximate surface area is 90.6 Å². The number of hydrogen-bond donors (Lipinski definition) is 1. The average Bonchev–Trinajstić information content (AvgIpc) is 2.56. The van der Waals surface area contributed by atoms with E-state index in [1.54, 1.807) is 0 Å². The van der Waals surface area contributed by atoms with E-state index >= 15 is 0 Å². The molecule has 1 heteroatoms. The fourth-order valence-corrected chi connectivity index (χ4v) is 1.97. The molecule has 0 aromatic heterocycles. The third-order valence-electron chi connectivity index (χ3n) is 2.68. The third-order valence-corrected chi connectivity index (χ3v) is 2.68. The minimum atomic E-state index is 0.0122. The number of nitrogens with two attached hydrogens (primary N) is 1. The molecule has 0 radical (unpaired) electrons. The van der Waals surface area contributed by atoms with Crippen molar-refractivity contribution in [3.63, 3.8) is 0 Å². The molecule has 0 bridgehead atoms. The molecular weight excluding hydrogens is 182 g/mol. The van der Waals surface area contributed by atoms with Crippen LogP contribution in [0.1, 0.15) is 29.7 Å². The minimum absolute atomic E-state index is 0.0122. The number of rotatable bonds is 2. The molecular formula is C14H15N. The smallest absolute Gasteiger partial charge is 0.0496 e. The van der Waals surface area contributed by atoms with Gasteiger partial charge in [0.25, 0.3) is 0 Å². The zero-order chi connectivity index (χ0) is 10.8. The van der Waals surface area contributed by atoms with Gasteiger partial charge in [-0.15, -0.1) is 0 Å². The Kier molecular flexibility index (Phi) is 2.57. The van der Waals surface area contributed by atoms with E-state index in [0.29, 0.717) is 0 Å². The first kappa shape index (κ1) is 9.94. The Morgan fingerprint density at radius 1 is 1.40 bits per heavy atom. The molecule has 0 amide bonds. The van der Waals surface area contributed by atoms with Crippen molar-refractivity contribution in [1.29, 1.82) is 0 Å². The van der Waals surface area contributed by atoms with E-state index in [0.717, 1.165) is 5.57 Å². The number of benzene rings is 1. The summed E-state index contributed by atoms with van der Waals surface area (Å²) >= 11 is 0. The second-order valence-corrected chi connectivity index (χ2v) is 3.70. The van der Waals surface area contributed by atoms with E-state index in [1.807, 2.05) is 19.1 Å². The predicted molar refractivity (Wildman–Crippen MR) is 66.3 cm³/mol. The SMILES string of the molecule is C=CC1=CC(N)c2cc(C=CC)ccc21. The lowest BCUT2D eigenvalue weighted by atomic mass is 10.0. The van der Waals surface area contributed by atoms with Crippen molar-refractivity contribution in [3.05, 3.63) is 59.7 Å². The van der Waals surface area contributed by atoms with Crippen molar-refractivity contribution in [1.82, 2.24) is 0 Å². The zero-order valence-electron chi connectivity index (χ0n) is 8.90. The predicted octanol–water partition coefficient (Wildman–Crippen LogP) is 3.30. The summed E-state index contributed by atoms with van der Waals surface area (Å²) < 4.78 is 0. The summed E-state index contributed by atoms with van der Waals surface area (Å²) in [6, 6.07) is 6.38. The molecule has 76 valence electrons. The lowest BCUT2D eigenvalue weighted by Gasteiger charge is -2.06. The standard InChI is InChI=1S/C14H15N/c1-3-5-10-6-7-12-11(4-2)9-14(15)13(12)8-10/h3-9,14H,2,15H2,1H3. The van der Waals surface area contributed by atoms with E-state index in [-0.39, 0.29) is 6.04 Å². The maximum absolute atomic E-state index is 6.03. The second kappa shape index (κ2) is 3.87. The van der Waals surface area contributed by atoms with Crippen molar-refractivity contribution in [2.45, 2.75) is 13.0 Å². The summed E-state index contributed by atoms with van der Waals surface area (Å²) in [5, 5.41) is 0. The molecule has 0 saturated heterocycles. The first-order chi connectivity index (χ1) is 7.26. The quantitative estimate of drug-likeness (QED) is 0.773. The molecule has 0 fully saturated rings. The molecule has 2 rings (SSSR count). The molecule has 2 N–H and O–H groups in total. The summed E-state index contributed by atoms with van der Waals surface area (Å²) in [4.78, 5) is 0. The van der Waals surface area contributed by atoms with Crippen LogP contribution < -0.4 is 5.73 Å². The molecule has 1 aliphatic rings. The van der Waals surface area contributed by atoms with Crippen LogP contribution in [-0.4, -0.2) is 0 Å². The van der Waals surface area contributed by atoms with E-state index < -0.39 is 0 Å². The van der Waals surface area contributed by atoms with Crippen LogP contribution in [0.5, 0.6) is 0 Å². The Morgan fingerprint density at radius 2 is 2.20 bits per heavy atom. The first-order valence-electron chi connectivity index (χ1n) is 5.13. The Bertz CT molecular complexity index is 452. The number of hydrogen-bond acceptors (Lipinski definition) is 1. The summed E-state index contributed by atoms with van der Waals surface area (Å²) in [6.07, 6.45) is 8.03. The van der Waals surface area contributed by atoms with Gasteiger partial charge in [-0.3, -0.25) is 0 Å². The molecule has 1 atom stereocenters. The normalized spacial score (nSPS) is 19.1. The highest BCUT2D eigenvalue weighted by Gasteiger charge is 2.18. The maximum atomic E-state index is 6.03. The van der Waals surface area contributed by atoms with Crippen LogP contribution in [0.15, 0.2) is 43.0 Å². The van der Waals surface area contributed by atoms with Crippen LogP contribution in [0.4, 0.5) is 0 Å². The van der Waals surface area contributed by atoms with Crippen LogP contribution in [0.2, 0.25) is 0 Å². The van der Waals surface area contributed by atoms with Gasteiger partial charge in [0.2, 0.25) is 0 Å². The van der Waals surface area contributed by atoms with Gasteiger partial charge in [-0.25, -0.2) is 0 Å². The van der Waals surface area contributed by atoms with Gasteiger partial charge in [-0.2, -0.15) is 0 Å². The second-order valence-electron chi connectivity index (χ2n) is 3.70. The van der Waals surface area contributed by atoms with Crippen molar-refractivity contribution >= 4 is 11.6 Å². The van der Waals surface area contributed by atoms with Gasteiger partial charge in [0.1, 0.15) is 0 Å². The molecule has 0 heterocycles. The molecule has 1 nitrogen and oxygen atoms in total. The van der Waals surface area contributed by atoms with E-state index in [4.69, 9.17) is 5.73 Å². The van der Waals surface area contributed by atoms with Gasteiger partial charge < -0.3 is 5.73 Å². The van der Waals surface area contributed by atoms with Gasteiger partial charge in [-0.1, -0.05) is 43.0 Å². The van der Waals surface area contributed by atoms with Crippen LogP contribution in [0.25, 0.3) is 11.6 Å². The Balaban J connectivity index is 2.50. The Hall–Kier alpha value is -1.60. The van der Waals surface area contributed by atoms with E-state index in [2.05, 4.69) is 36.9 Å². The van der Waals surface area contributed by atoms with Gasteiger partial charge in [0.05, 0.1) is 0 Å². The minimum Gasteiger partial charge on any atom is -0.321 e. The average molecular weight is 197 g/mol. The highest BCUT2D eigenvalue weighted by Crippen LogP contribution is 2.34. The fourth-order valence-electron chi connectivity index (χ4n) is 1.97. The monoisotopic (exact) mass is 197 g/mol. The number of fused-ring (bicyclic) bond motifs is 1.